The highest BCUT2D eigenvalue weighted by Crippen LogP contribution is 2.20. The zero-order chi connectivity index (χ0) is 22.3. The molecule has 174 valence electrons. The van der Waals surface area contributed by atoms with E-state index in [1.165, 1.54) is 12.8 Å². The van der Waals surface area contributed by atoms with Crippen LogP contribution in [-0.2, 0) is 6.54 Å². The quantitative estimate of drug-likeness (QED) is 0.540. The van der Waals surface area contributed by atoms with E-state index in [2.05, 4.69) is 41.9 Å². The monoisotopic (exact) mass is 440 g/mol. The largest absolute Gasteiger partial charge is 0.444 e. The summed E-state index contributed by atoms with van der Waals surface area (Å²) in [7, 11) is 0. The molecule has 0 saturated carbocycles. The number of piperazine rings is 1. The standard InChI is InChI=1S/C23H36N8O/c1-4-24-22(30-12-14-31(15-13-30)23-25-8-5-9-26-23)27-16-20-6-10-29(11-7-20)17-21-28-18(2)19(3)32-21/h5,8-9,20H,4,6-7,10-17H2,1-3H3,(H,24,27). The lowest BCUT2D eigenvalue weighted by Crippen LogP contribution is -2.53. The number of aliphatic imine (C=N–C) groups is 1. The van der Waals surface area contributed by atoms with Gasteiger partial charge >= 0.3 is 0 Å². The normalized spacial score (nSPS) is 18.9. The van der Waals surface area contributed by atoms with Gasteiger partial charge in [-0.3, -0.25) is 9.89 Å². The van der Waals surface area contributed by atoms with Crippen LogP contribution in [0.4, 0.5) is 5.95 Å². The molecule has 0 amide bonds. The topological polar surface area (TPSA) is 85.9 Å². The van der Waals surface area contributed by atoms with Gasteiger partial charge in [0.25, 0.3) is 0 Å². The molecule has 2 aromatic rings. The zero-order valence-corrected chi connectivity index (χ0v) is 19.6. The molecule has 0 aromatic carbocycles. The van der Waals surface area contributed by atoms with E-state index in [-0.39, 0.29) is 0 Å². The predicted molar refractivity (Wildman–Crippen MR) is 126 cm³/mol. The number of guanidine groups is 1. The highest BCUT2D eigenvalue weighted by atomic mass is 16.4. The van der Waals surface area contributed by atoms with Crippen molar-refractivity contribution in [1.82, 2.24) is 30.1 Å². The second-order valence-corrected chi connectivity index (χ2v) is 8.69. The number of piperidine rings is 1. The van der Waals surface area contributed by atoms with Crippen molar-refractivity contribution in [2.24, 2.45) is 10.9 Å². The summed E-state index contributed by atoms with van der Waals surface area (Å²) >= 11 is 0. The summed E-state index contributed by atoms with van der Waals surface area (Å²) in [5.74, 6) is 4.25. The Morgan fingerprint density at radius 2 is 1.81 bits per heavy atom. The van der Waals surface area contributed by atoms with Gasteiger partial charge in [0.2, 0.25) is 11.8 Å². The van der Waals surface area contributed by atoms with E-state index < -0.39 is 0 Å². The fourth-order valence-electron chi connectivity index (χ4n) is 4.34. The molecule has 2 aliphatic heterocycles. The number of rotatable bonds is 6. The van der Waals surface area contributed by atoms with Gasteiger partial charge in [0.1, 0.15) is 5.76 Å². The van der Waals surface area contributed by atoms with Crippen LogP contribution in [0.25, 0.3) is 0 Å². The number of nitrogens with one attached hydrogen (secondary N) is 1. The molecule has 9 heteroatoms. The van der Waals surface area contributed by atoms with E-state index in [1.807, 2.05) is 19.9 Å². The number of aromatic nitrogens is 3. The molecule has 4 heterocycles. The Bertz CT molecular complexity index is 848. The van der Waals surface area contributed by atoms with Crippen LogP contribution < -0.4 is 10.2 Å². The van der Waals surface area contributed by atoms with Crippen molar-refractivity contribution in [2.45, 2.75) is 40.2 Å². The minimum atomic E-state index is 0.631. The van der Waals surface area contributed by atoms with Crippen LogP contribution >= 0.6 is 0 Å². The second-order valence-electron chi connectivity index (χ2n) is 8.69. The summed E-state index contributed by atoms with van der Waals surface area (Å²) < 4.78 is 5.75. The predicted octanol–water partition coefficient (Wildman–Crippen LogP) is 2.08. The van der Waals surface area contributed by atoms with Gasteiger partial charge < -0.3 is 19.5 Å². The molecule has 0 radical (unpaired) electrons. The number of oxazole rings is 1. The van der Waals surface area contributed by atoms with E-state index >= 15 is 0 Å². The van der Waals surface area contributed by atoms with Gasteiger partial charge in [-0.25, -0.2) is 15.0 Å². The van der Waals surface area contributed by atoms with Crippen LogP contribution in [0.15, 0.2) is 27.9 Å². The average Bonchev–Trinajstić information content (AvgIpc) is 3.15. The molecule has 0 spiro atoms. The molecule has 0 unspecified atom stereocenters. The van der Waals surface area contributed by atoms with Crippen molar-refractivity contribution in [3.05, 3.63) is 35.8 Å². The van der Waals surface area contributed by atoms with E-state index in [4.69, 9.17) is 9.41 Å². The Morgan fingerprint density at radius 3 is 2.44 bits per heavy atom. The molecule has 2 aromatic heterocycles. The summed E-state index contributed by atoms with van der Waals surface area (Å²) in [6.07, 6.45) is 5.94. The highest BCUT2D eigenvalue weighted by Gasteiger charge is 2.23. The minimum Gasteiger partial charge on any atom is -0.444 e. The van der Waals surface area contributed by atoms with Crippen molar-refractivity contribution < 1.29 is 4.42 Å². The first-order valence-electron chi connectivity index (χ1n) is 11.8. The first kappa shape index (κ1) is 22.5. The summed E-state index contributed by atoms with van der Waals surface area (Å²) in [5, 5.41) is 3.49. The van der Waals surface area contributed by atoms with Crippen molar-refractivity contribution in [2.75, 3.05) is 57.3 Å². The van der Waals surface area contributed by atoms with E-state index in [9.17, 15) is 0 Å². The van der Waals surface area contributed by atoms with Crippen LogP contribution in [0.1, 0.15) is 37.1 Å². The molecule has 0 bridgehead atoms. The third kappa shape index (κ3) is 5.76. The number of nitrogens with zero attached hydrogens (tertiary/aromatic N) is 7. The molecule has 0 aliphatic carbocycles. The maximum atomic E-state index is 5.75. The molecule has 1 N–H and O–H groups in total. The Morgan fingerprint density at radius 1 is 1.09 bits per heavy atom. The summed E-state index contributed by atoms with van der Waals surface area (Å²) in [4.78, 5) is 25.4. The first-order chi connectivity index (χ1) is 15.6. The van der Waals surface area contributed by atoms with Crippen LogP contribution in [0.2, 0.25) is 0 Å². The first-order valence-corrected chi connectivity index (χ1v) is 11.8. The maximum Gasteiger partial charge on any atom is 0.225 e. The van der Waals surface area contributed by atoms with Gasteiger partial charge in [-0.05, 0) is 58.7 Å². The molecule has 2 aliphatic rings. The van der Waals surface area contributed by atoms with Gasteiger partial charge in [-0.2, -0.15) is 0 Å². The molecule has 0 atom stereocenters. The molecule has 32 heavy (non-hydrogen) atoms. The smallest absolute Gasteiger partial charge is 0.225 e. The summed E-state index contributed by atoms with van der Waals surface area (Å²) in [6, 6.07) is 1.86. The zero-order valence-electron chi connectivity index (χ0n) is 19.6. The van der Waals surface area contributed by atoms with Crippen molar-refractivity contribution in [3.8, 4) is 0 Å². The highest BCUT2D eigenvalue weighted by molar-refractivity contribution is 5.80. The minimum absolute atomic E-state index is 0.631. The van der Waals surface area contributed by atoms with Gasteiger partial charge in [-0.1, -0.05) is 0 Å². The van der Waals surface area contributed by atoms with E-state index in [1.54, 1.807) is 12.4 Å². The van der Waals surface area contributed by atoms with Crippen molar-refractivity contribution in [1.29, 1.82) is 0 Å². The fraction of sp³-hybridized carbons (Fsp3) is 0.652. The second kappa shape index (κ2) is 10.8. The Balaban J connectivity index is 1.25. The third-order valence-corrected chi connectivity index (χ3v) is 6.39. The summed E-state index contributed by atoms with van der Waals surface area (Å²) in [5.41, 5.74) is 0.998. The van der Waals surface area contributed by atoms with Crippen molar-refractivity contribution in [3.63, 3.8) is 0 Å². The van der Waals surface area contributed by atoms with Crippen molar-refractivity contribution >= 4 is 11.9 Å². The van der Waals surface area contributed by atoms with Gasteiger partial charge in [0.15, 0.2) is 5.96 Å². The molecular formula is C23H36N8O. The summed E-state index contributed by atoms with van der Waals surface area (Å²) in [6.45, 7) is 14.5. The lowest BCUT2D eigenvalue weighted by molar-refractivity contribution is 0.166. The SMILES string of the molecule is CCNC(=NCC1CCN(Cc2nc(C)c(C)o2)CC1)N1CCN(c2ncccn2)CC1. The molecule has 2 saturated heterocycles. The van der Waals surface area contributed by atoms with E-state index in [0.717, 1.165) is 88.2 Å². The van der Waals surface area contributed by atoms with Crippen LogP contribution in [0.5, 0.6) is 0 Å². The lowest BCUT2D eigenvalue weighted by atomic mass is 9.97. The maximum absolute atomic E-state index is 5.75. The average molecular weight is 441 g/mol. The van der Waals surface area contributed by atoms with Crippen LogP contribution in [0, 0.1) is 19.8 Å². The van der Waals surface area contributed by atoms with Gasteiger partial charge in [0.05, 0.1) is 12.2 Å². The molecule has 4 rings (SSSR count). The third-order valence-electron chi connectivity index (χ3n) is 6.39. The molecule has 9 nitrogen and oxygen atoms in total. The lowest BCUT2D eigenvalue weighted by Gasteiger charge is -2.36. The number of likely N-dealkylation sites (tertiary alicyclic amines) is 1. The Hall–Kier alpha value is -2.68. The number of aryl methyl sites for hydroxylation is 2. The van der Waals surface area contributed by atoms with Gasteiger partial charge in [0, 0.05) is 51.7 Å². The fourth-order valence-corrected chi connectivity index (χ4v) is 4.34. The van der Waals surface area contributed by atoms with E-state index in [0.29, 0.717) is 5.92 Å². The molecule has 2 fully saturated rings. The number of hydrogen-bond acceptors (Lipinski definition) is 7. The number of anilines is 1. The Labute approximate surface area is 190 Å². The molecular weight excluding hydrogens is 404 g/mol. The van der Waals surface area contributed by atoms with Crippen LogP contribution in [-0.4, -0.2) is 83.1 Å². The van der Waals surface area contributed by atoms with Gasteiger partial charge in [-0.15, -0.1) is 0 Å². The Kier molecular flexibility index (Phi) is 7.57. The van der Waals surface area contributed by atoms with Crippen LogP contribution in [0.3, 0.4) is 0 Å². The number of hydrogen-bond donors (Lipinski definition) is 1.